The van der Waals surface area contributed by atoms with E-state index in [4.69, 9.17) is 0 Å². The molecule has 0 unspecified atom stereocenters. The van der Waals surface area contributed by atoms with Crippen molar-refractivity contribution in [2.75, 3.05) is 19.6 Å². The fourth-order valence-corrected chi connectivity index (χ4v) is 4.75. The Labute approximate surface area is 167 Å². The highest BCUT2D eigenvalue weighted by atomic mass is 19.1. The molecule has 5 rings (SSSR count). The van der Waals surface area contributed by atoms with E-state index in [0.29, 0.717) is 23.4 Å². The number of hydrogen-bond donors (Lipinski definition) is 1. The summed E-state index contributed by atoms with van der Waals surface area (Å²) in [5.41, 5.74) is 1.19. The van der Waals surface area contributed by atoms with Crippen LogP contribution in [-0.2, 0) is 11.3 Å². The summed E-state index contributed by atoms with van der Waals surface area (Å²) >= 11 is 0. The molecule has 2 fully saturated rings. The lowest BCUT2D eigenvalue weighted by atomic mass is 9.89. The van der Waals surface area contributed by atoms with E-state index in [1.807, 2.05) is 17.0 Å². The number of aromatic nitrogens is 2. The van der Waals surface area contributed by atoms with E-state index < -0.39 is 0 Å². The largest absolute Gasteiger partial charge is 0.333 e. The number of fused-ring (bicyclic) bond motifs is 2. The monoisotopic (exact) mass is 392 g/mol. The molecule has 2 aromatic carbocycles. The fraction of sp³-hybridized carbons (Fsp3) is 0.318. The van der Waals surface area contributed by atoms with Gasteiger partial charge in [0.05, 0.1) is 23.3 Å². The summed E-state index contributed by atoms with van der Waals surface area (Å²) in [7, 11) is 0. The number of carbonyl (C=O) groups excluding carboxylic acids is 1. The third kappa shape index (κ3) is 3.11. The molecular formula is C22H21FN4O2. The molecule has 7 heteroatoms. The van der Waals surface area contributed by atoms with E-state index in [1.54, 1.807) is 24.3 Å². The van der Waals surface area contributed by atoms with Gasteiger partial charge in [-0.2, -0.15) is 0 Å². The molecule has 0 radical (unpaired) electrons. The standard InChI is InChI=1S/C22H21FN4O2/c23-16-5-3-4-14(8-16)21-18-10-24-9-15(18)11-27(21)20(28)12-26-13-25-19-7-2-1-6-17(19)22(26)29/h1-8,13,15,18,21,24H,9-12H2/t15-,18-,21+/m0/s1. The smallest absolute Gasteiger partial charge is 0.261 e. The quantitative estimate of drug-likeness (QED) is 0.740. The van der Waals surface area contributed by atoms with E-state index in [1.165, 1.54) is 23.0 Å². The predicted molar refractivity (Wildman–Crippen MR) is 107 cm³/mol. The molecule has 1 amide bonds. The summed E-state index contributed by atoms with van der Waals surface area (Å²) in [5, 5.41) is 3.87. The first-order valence-electron chi connectivity index (χ1n) is 9.81. The van der Waals surface area contributed by atoms with Crippen LogP contribution in [0.4, 0.5) is 4.39 Å². The first-order chi connectivity index (χ1) is 14.1. The Morgan fingerprint density at radius 2 is 2.03 bits per heavy atom. The topological polar surface area (TPSA) is 67.2 Å². The molecule has 0 saturated carbocycles. The van der Waals surface area contributed by atoms with Crippen LogP contribution in [0.3, 0.4) is 0 Å². The molecule has 29 heavy (non-hydrogen) atoms. The summed E-state index contributed by atoms with van der Waals surface area (Å²) in [4.78, 5) is 32.1. The van der Waals surface area contributed by atoms with Gasteiger partial charge in [-0.15, -0.1) is 0 Å². The Morgan fingerprint density at radius 3 is 2.90 bits per heavy atom. The number of para-hydroxylation sites is 1. The van der Waals surface area contributed by atoms with Gasteiger partial charge < -0.3 is 10.2 Å². The molecule has 1 N–H and O–H groups in total. The van der Waals surface area contributed by atoms with Gasteiger partial charge in [-0.1, -0.05) is 24.3 Å². The van der Waals surface area contributed by atoms with Crippen molar-refractivity contribution in [1.82, 2.24) is 19.8 Å². The average molecular weight is 392 g/mol. The van der Waals surface area contributed by atoms with Gasteiger partial charge in [0.15, 0.2) is 0 Å². The number of likely N-dealkylation sites (tertiary alicyclic amines) is 1. The van der Waals surface area contributed by atoms with E-state index in [0.717, 1.165) is 18.7 Å². The maximum Gasteiger partial charge on any atom is 0.261 e. The van der Waals surface area contributed by atoms with Crippen molar-refractivity contribution in [3.63, 3.8) is 0 Å². The first kappa shape index (κ1) is 18.0. The molecule has 0 aliphatic carbocycles. The van der Waals surface area contributed by atoms with Crippen molar-refractivity contribution in [2.45, 2.75) is 12.6 Å². The summed E-state index contributed by atoms with van der Waals surface area (Å²) in [6, 6.07) is 13.4. The number of halogens is 1. The third-order valence-corrected chi connectivity index (χ3v) is 6.11. The molecule has 0 bridgehead atoms. The van der Waals surface area contributed by atoms with Crippen LogP contribution in [0, 0.1) is 17.7 Å². The summed E-state index contributed by atoms with van der Waals surface area (Å²) in [5.74, 6) is 0.123. The zero-order valence-electron chi connectivity index (χ0n) is 15.8. The molecule has 3 aromatic rings. The second-order valence-electron chi connectivity index (χ2n) is 7.82. The number of benzene rings is 2. The second kappa shape index (κ2) is 7.08. The number of rotatable bonds is 3. The van der Waals surface area contributed by atoms with Gasteiger partial charge in [-0.25, -0.2) is 9.37 Å². The van der Waals surface area contributed by atoms with Crippen molar-refractivity contribution >= 4 is 16.8 Å². The molecule has 2 aliphatic heterocycles. The fourth-order valence-electron chi connectivity index (χ4n) is 4.75. The van der Waals surface area contributed by atoms with E-state index >= 15 is 0 Å². The number of amides is 1. The third-order valence-electron chi connectivity index (χ3n) is 6.11. The minimum atomic E-state index is -0.306. The van der Waals surface area contributed by atoms with Crippen molar-refractivity contribution in [3.8, 4) is 0 Å². The Bertz CT molecular complexity index is 1140. The molecule has 3 heterocycles. The lowest BCUT2D eigenvalue weighted by Gasteiger charge is -2.28. The van der Waals surface area contributed by atoms with Crippen LogP contribution in [0.25, 0.3) is 10.9 Å². The maximum absolute atomic E-state index is 13.9. The van der Waals surface area contributed by atoms with Crippen molar-refractivity contribution in [1.29, 1.82) is 0 Å². The molecule has 1 aromatic heterocycles. The van der Waals surface area contributed by atoms with E-state index in [-0.39, 0.29) is 35.8 Å². The second-order valence-corrected chi connectivity index (χ2v) is 7.82. The minimum absolute atomic E-state index is 0.0741. The van der Waals surface area contributed by atoms with Gasteiger partial charge in [-0.05, 0) is 35.7 Å². The Hall–Kier alpha value is -3.06. The van der Waals surface area contributed by atoms with Gasteiger partial charge in [0.25, 0.3) is 5.56 Å². The van der Waals surface area contributed by atoms with Crippen molar-refractivity contribution in [3.05, 3.63) is 76.6 Å². The zero-order valence-corrected chi connectivity index (χ0v) is 15.8. The van der Waals surface area contributed by atoms with Crippen LogP contribution in [0.1, 0.15) is 11.6 Å². The van der Waals surface area contributed by atoms with Gasteiger partial charge in [0, 0.05) is 25.6 Å². The van der Waals surface area contributed by atoms with Crippen LogP contribution >= 0.6 is 0 Å². The highest BCUT2D eigenvalue weighted by Crippen LogP contribution is 2.42. The van der Waals surface area contributed by atoms with E-state index in [2.05, 4.69) is 10.3 Å². The number of hydrogen-bond acceptors (Lipinski definition) is 4. The minimum Gasteiger partial charge on any atom is -0.333 e. The van der Waals surface area contributed by atoms with Crippen LogP contribution in [0.15, 0.2) is 59.7 Å². The molecule has 148 valence electrons. The Kier molecular flexibility index (Phi) is 4.39. The SMILES string of the molecule is O=C(Cn1cnc2ccccc2c1=O)N1C[C@@H]2CNC[C@@H]2[C@H]1c1cccc(F)c1. The summed E-state index contributed by atoms with van der Waals surface area (Å²) in [6.07, 6.45) is 1.43. The highest BCUT2D eigenvalue weighted by Gasteiger charge is 2.46. The Balaban J connectivity index is 1.47. The van der Waals surface area contributed by atoms with Crippen LogP contribution in [0.2, 0.25) is 0 Å². The first-order valence-corrected chi connectivity index (χ1v) is 9.81. The van der Waals surface area contributed by atoms with Crippen LogP contribution in [0.5, 0.6) is 0 Å². The Morgan fingerprint density at radius 1 is 1.17 bits per heavy atom. The van der Waals surface area contributed by atoms with Gasteiger partial charge >= 0.3 is 0 Å². The van der Waals surface area contributed by atoms with Crippen molar-refractivity contribution < 1.29 is 9.18 Å². The van der Waals surface area contributed by atoms with Crippen LogP contribution < -0.4 is 10.9 Å². The predicted octanol–water partition coefficient (Wildman–Crippen LogP) is 1.95. The number of nitrogens with one attached hydrogen (secondary N) is 1. The normalized spacial score (nSPS) is 23.5. The lowest BCUT2D eigenvalue weighted by Crippen LogP contribution is -2.38. The summed E-state index contributed by atoms with van der Waals surface area (Å²) < 4.78 is 15.2. The van der Waals surface area contributed by atoms with Crippen molar-refractivity contribution in [2.24, 2.45) is 11.8 Å². The maximum atomic E-state index is 13.9. The molecule has 2 saturated heterocycles. The molecular weight excluding hydrogens is 371 g/mol. The lowest BCUT2D eigenvalue weighted by molar-refractivity contribution is -0.133. The zero-order chi connectivity index (χ0) is 20.0. The molecule has 2 aliphatic rings. The number of carbonyl (C=O) groups is 1. The molecule has 0 spiro atoms. The number of nitrogens with zero attached hydrogens (tertiary/aromatic N) is 3. The van der Waals surface area contributed by atoms with Gasteiger partial charge in [0.2, 0.25) is 5.91 Å². The highest BCUT2D eigenvalue weighted by molar-refractivity contribution is 5.79. The molecule has 6 nitrogen and oxygen atoms in total. The molecule has 3 atom stereocenters. The summed E-state index contributed by atoms with van der Waals surface area (Å²) in [6.45, 7) is 2.17. The van der Waals surface area contributed by atoms with Crippen LogP contribution in [-0.4, -0.2) is 40.0 Å². The van der Waals surface area contributed by atoms with E-state index in [9.17, 15) is 14.0 Å². The average Bonchev–Trinajstić information content (AvgIpc) is 3.31. The van der Waals surface area contributed by atoms with Gasteiger partial charge in [-0.3, -0.25) is 14.2 Å². The van der Waals surface area contributed by atoms with Gasteiger partial charge in [0.1, 0.15) is 12.4 Å².